The molecular formula is C30H48N4O7. The number of hydrogen-bond donors (Lipinski definition) is 2. The predicted octanol–water partition coefficient (Wildman–Crippen LogP) is 3.06. The molecule has 3 amide bonds. The Kier molecular flexibility index (Phi) is 11.7. The van der Waals surface area contributed by atoms with Crippen molar-refractivity contribution in [2.45, 2.75) is 77.6 Å². The standard InChI is InChI=1S/C30H48N4O7/c1-20(2)34(28(36)21-9-12-25(39-7)26(15-21)40-14-8-13-38-6)18-22-17-33(29(37)41-30(3,4)5)19-24(22)31-16-27(35)32-23-10-11-23/h9,12,15,20,22-24,31H,8,10-11,13-14,16-19H2,1-7H3,(H,32,35). The molecular weight excluding hydrogens is 528 g/mol. The van der Waals surface area contributed by atoms with Crippen LogP contribution in [0.2, 0.25) is 0 Å². The molecule has 2 aliphatic rings. The van der Waals surface area contributed by atoms with Gasteiger partial charge in [0.25, 0.3) is 5.91 Å². The van der Waals surface area contributed by atoms with Crippen molar-refractivity contribution in [1.29, 1.82) is 0 Å². The van der Waals surface area contributed by atoms with Gasteiger partial charge in [-0.05, 0) is 65.7 Å². The van der Waals surface area contributed by atoms with Crippen LogP contribution in [0.5, 0.6) is 11.5 Å². The minimum Gasteiger partial charge on any atom is -0.493 e. The molecule has 11 nitrogen and oxygen atoms in total. The van der Waals surface area contributed by atoms with Crippen LogP contribution in [0, 0.1) is 5.92 Å². The van der Waals surface area contributed by atoms with Crippen molar-refractivity contribution in [3.63, 3.8) is 0 Å². The fourth-order valence-corrected chi connectivity index (χ4v) is 4.75. The molecule has 41 heavy (non-hydrogen) atoms. The molecule has 0 bridgehead atoms. The third-order valence-corrected chi connectivity index (χ3v) is 7.04. The maximum Gasteiger partial charge on any atom is 0.410 e. The molecule has 2 unspecified atom stereocenters. The minimum absolute atomic E-state index is 0.0602. The smallest absolute Gasteiger partial charge is 0.410 e. The van der Waals surface area contributed by atoms with E-state index in [-0.39, 0.29) is 42.4 Å². The molecule has 1 heterocycles. The molecule has 11 heteroatoms. The first kappa shape index (κ1) is 32.5. The largest absolute Gasteiger partial charge is 0.493 e. The number of carbonyl (C=O) groups excluding carboxylic acids is 3. The zero-order chi connectivity index (χ0) is 30.2. The molecule has 1 saturated heterocycles. The van der Waals surface area contributed by atoms with E-state index in [1.165, 1.54) is 0 Å². The van der Waals surface area contributed by atoms with Crippen molar-refractivity contribution in [3.05, 3.63) is 23.8 Å². The van der Waals surface area contributed by atoms with Crippen LogP contribution in [0.1, 0.15) is 64.2 Å². The van der Waals surface area contributed by atoms with Gasteiger partial charge in [0.1, 0.15) is 5.60 Å². The number of ether oxygens (including phenoxy) is 4. The van der Waals surface area contributed by atoms with Crippen LogP contribution < -0.4 is 20.1 Å². The number of methoxy groups -OCH3 is 2. The molecule has 0 radical (unpaired) electrons. The van der Waals surface area contributed by atoms with Gasteiger partial charge in [0, 0.05) is 69.4 Å². The molecule has 1 aliphatic heterocycles. The van der Waals surface area contributed by atoms with Crippen molar-refractivity contribution < 1.29 is 33.3 Å². The predicted molar refractivity (Wildman–Crippen MR) is 155 cm³/mol. The Balaban J connectivity index is 1.75. The molecule has 1 aromatic rings. The summed E-state index contributed by atoms with van der Waals surface area (Å²) in [7, 11) is 3.20. The quantitative estimate of drug-likeness (QED) is 0.325. The van der Waals surface area contributed by atoms with E-state index in [9.17, 15) is 14.4 Å². The van der Waals surface area contributed by atoms with E-state index >= 15 is 0 Å². The van der Waals surface area contributed by atoms with Crippen LogP contribution in [0.25, 0.3) is 0 Å². The lowest BCUT2D eigenvalue weighted by Gasteiger charge is -2.32. The third kappa shape index (κ3) is 10.1. The molecule has 0 spiro atoms. The van der Waals surface area contributed by atoms with Crippen LogP contribution >= 0.6 is 0 Å². The average Bonchev–Trinajstić information content (AvgIpc) is 3.63. The van der Waals surface area contributed by atoms with E-state index in [0.29, 0.717) is 56.3 Å². The number of rotatable bonds is 14. The van der Waals surface area contributed by atoms with Crippen molar-refractivity contribution >= 4 is 17.9 Å². The normalized spacial score (nSPS) is 18.8. The molecule has 2 N–H and O–H groups in total. The zero-order valence-electron chi connectivity index (χ0n) is 25.7. The minimum atomic E-state index is -0.625. The highest BCUT2D eigenvalue weighted by atomic mass is 16.6. The Hall–Kier alpha value is -3.05. The number of nitrogens with zero attached hydrogens (tertiary/aromatic N) is 2. The summed E-state index contributed by atoms with van der Waals surface area (Å²) in [6, 6.07) is 5.16. The first-order chi connectivity index (χ1) is 19.4. The first-order valence-corrected chi connectivity index (χ1v) is 14.5. The Morgan fingerprint density at radius 1 is 1.07 bits per heavy atom. The summed E-state index contributed by atoms with van der Waals surface area (Å²) in [5, 5.41) is 6.34. The SMILES string of the molecule is COCCCOc1cc(C(=O)N(CC2CN(C(=O)OC(C)(C)C)CC2NCC(=O)NC2CC2)C(C)C)ccc1OC. The third-order valence-electron chi connectivity index (χ3n) is 7.04. The van der Waals surface area contributed by atoms with Crippen LogP contribution in [-0.4, -0.2) is 105 Å². The summed E-state index contributed by atoms with van der Waals surface area (Å²) in [6.07, 6.45) is 2.34. The molecule has 2 atom stereocenters. The zero-order valence-corrected chi connectivity index (χ0v) is 25.7. The summed E-state index contributed by atoms with van der Waals surface area (Å²) in [5.41, 5.74) is -0.142. The van der Waals surface area contributed by atoms with Gasteiger partial charge in [0.15, 0.2) is 11.5 Å². The maximum atomic E-state index is 13.8. The second-order valence-electron chi connectivity index (χ2n) is 12.1. The average molecular weight is 577 g/mol. The molecule has 1 aromatic carbocycles. The van der Waals surface area contributed by atoms with Crippen LogP contribution in [-0.2, 0) is 14.3 Å². The number of likely N-dealkylation sites (tertiary alicyclic amines) is 1. The van der Waals surface area contributed by atoms with E-state index < -0.39 is 11.7 Å². The lowest BCUT2D eigenvalue weighted by Crippen LogP contribution is -2.48. The lowest BCUT2D eigenvalue weighted by molar-refractivity contribution is -0.120. The lowest BCUT2D eigenvalue weighted by atomic mass is 10.0. The van der Waals surface area contributed by atoms with Crippen molar-refractivity contribution in [2.24, 2.45) is 5.92 Å². The van der Waals surface area contributed by atoms with Gasteiger partial charge < -0.3 is 39.4 Å². The van der Waals surface area contributed by atoms with Crippen molar-refractivity contribution in [2.75, 3.05) is 53.6 Å². The summed E-state index contributed by atoms with van der Waals surface area (Å²) in [6.45, 7) is 11.8. The summed E-state index contributed by atoms with van der Waals surface area (Å²) in [4.78, 5) is 42.6. The monoisotopic (exact) mass is 576 g/mol. The van der Waals surface area contributed by atoms with E-state index in [1.54, 1.807) is 42.2 Å². The van der Waals surface area contributed by atoms with Crippen molar-refractivity contribution in [1.82, 2.24) is 20.4 Å². The summed E-state index contributed by atoms with van der Waals surface area (Å²) < 4.78 is 22.0. The summed E-state index contributed by atoms with van der Waals surface area (Å²) >= 11 is 0. The molecule has 230 valence electrons. The van der Waals surface area contributed by atoms with Gasteiger partial charge in [-0.1, -0.05) is 0 Å². The van der Waals surface area contributed by atoms with Gasteiger partial charge in [-0.15, -0.1) is 0 Å². The molecule has 2 fully saturated rings. The van der Waals surface area contributed by atoms with Gasteiger partial charge in [-0.2, -0.15) is 0 Å². The van der Waals surface area contributed by atoms with Gasteiger partial charge >= 0.3 is 6.09 Å². The highest BCUT2D eigenvalue weighted by Gasteiger charge is 2.39. The Morgan fingerprint density at radius 3 is 2.41 bits per heavy atom. The van der Waals surface area contributed by atoms with Gasteiger partial charge in [0.05, 0.1) is 20.3 Å². The number of benzene rings is 1. The number of amides is 3. The summed E-state index contributed by atoms with van der Waals surface area (Å²) in [5.74, 6) is 0.731. The first-order valence-electron chi connectivity index (χ1n) is 14.5. The van der Waals surface area contributed by atoms with E-state index in [2.05, 4.69) is 10.6 Å². The number of carbonyl (C=O) groups is 3. The second kappa shape index (κ2) is 14.7. The van der Waals surface area contributed by atoms with Crippen LogP contribution in [0.15, 0.2) is 18.2 Å². The Labute approximate surface area is 244 Å². The van der Waals surface area contributed by atoms with E-state index in [0.717, 1.165) is 12.8 Å². The Bertz CT molecular complexity index is 1040. The molecule has 0 aromatic heterocycles. The Morgan fingerprint density at radius 2 is 1.80 bits per heavy atom. The highest BCUT2D eigenvalue weighted by Crippen LogP contribution is 2.30. The van der Waals surface area contributed by atoms with Gasteiger partial charge in [-0.3, -0.25) is 9.59 Å². The molecule has 1 aliphatic carbocycles. The van der Waals surface area contributed by atoms with Crippen LogP contribution in [0.3, 0.4) is 0 Å². The van der Waals surface area contributed by atoms with E-state index in [1.807, 2.05) is 34.6 Å². The second-order valence-corrected chi connectivity index (χ2v) is 12.1. The van der Waals surface area contributed by atoms with Crippen LogP contribution in [0.4, 0.5) is 4.79 Å². The molecule has 3 rings (SSSR count). The topological polar surface area (TPSA) is 119 Å². The number of hydrogen-bond acceptors (Lipinski definition) is 8. The number of nitrogens with one attached hydrogen (secondary N) is 2. The van der Waals surface area contributed by atoms with Gasteiger partial charge in [-0.25, -0.2) is 4.79 Å². The molecule has 1 saturated carbocycles. The van der Waals surface area contributed by atoms with E-state index in [4.69, 9.17) is 18.9 Å². The maximum absolute atomic E-state index is 13.8. The fourth-order valence-electron chi connectivity index (χ4n) is 4.75. The van der Waals surface area contributed by atoms with Gasteiger partial charge in [0.2, 0.25) is 5.91 Å². The highest BCUT2D eigenvalue weighted by molar-refractivity contribution is 5.95. The fraction of sp³-hybridized carbons (Fsp3) is 0.700. The van der Waals surface area contributed by atoms with Crippen molar-refractivity contribution in [3.8, 4) is 11.5 Å².